The van der Waals surface area contributed by atoms with Crippen LogP contribution in [0, 0.1) is 0 Å². The molecule has 0 saturated heterocycles. The molecule has 0 radical (unpaired) electrons. The van der Waals surface area contributed by atoms with Gasteiger partial charge < -0.3 is 14.2 Å². The van der Waals surface area contributed by atoms with E-state index in [4.69, 9.17) is 14.2 Å². The van der Waals surface area contributed by atoms with Crippen LogP contribution >= 0.6 is 0 Å². The Labute approximate surface area is 414 Å². The molecular weight excluding hydrogens is 829 g/mol. The first kappa shape index (κ1) is 63.8. The quantitative estimate of drug-likeness (QED) is 0.0262. The lowest BCUT2D eigenvalue weighted by molar-refractivity contribution is -0.167. The maximum absolute atomic E-state index is 12.8. The summed E-state index contributed by atoms with van der Waals surface area (Å²) in [6, 6.07) is 0. The van der Waals surface area contributed by atoms with E-state index in [9.17, 15) is 14.4 Å². The molecule has 0 N–H and O–H groups in total. The molecule has 6 nitrogen and oxygen atoms in total. The highest BCUT2D eigenvalue weighted by Gasteiger charge is 2.19. The minimum absolute atomic E-state index is 0.0904. The summed E-state index contributed by atoms with van der Waals surface area (Å²) >= 11 is 0. The number of rotatable bonds is 51. The molecule has 0 aromatic heterocycles. The van der Waals surface area contributed by atoms with E-state index in [0.717, 1.165) is 83.5 Å². The number of ether oxygens (including phenoxy) is 3. The average molecular weight is 936 g/mol. The van der Waals surface area contributed by atoms with E-state index < -0.39 is 6.10 Å². The largest absolute Gasteiger partial charge is 0.462 e. The van der Waals surface area contributed by atoms with Crippen LogP contribution in [0.3, 0.4) is 0 Å². The highest BCUT2D eigenvalue weighted by Crippen LogP contribution is 2.15. The molecule has 0 spiro atoms. The second-order valence-electron chi connectivity index (χ2n) is 18.8. The van der Waals surface area contributed by atoms with Gasteiger partial charge in [-0.15, -0.1) is 0 Å². The highest BCUT2D eigenvalue weighted by molar-refractivity contribution is 5.71. The van der Waals surface area contributed by atoms with Gasteiger partial charge in [-0.1, -0.05) is 241 Å². The van der Waals surface area contributed by atoms with Crippen molar-refractivity contribution in [3.05, 3.63) is 72.9 Å². The van der Waals surface area contributed by atoms with Crippen molar-refractivity contribution in [1.29, 1.82) is 0 Å². The van der Waals surface area contributed by atoms with Crippen molar-refractivity contribution in [2.24, 2.45) is 0 Å². The Morgan fingerprint density at radius 3 is 0.940 bits per heavy atom. The molecule has 0 aliphatic carbocycles. The van der Waals surface area contributed by atoms with E-state index in [-0.39, 0.29) is 37.5 Å². The van der Waals surface area contributed by atoms with Crippen molar-refractivity contribution in [2.75, 3.05) is 13.2 Å². The molecule has 1 unspecified atom stereocenters. The van der Waals surface area contributed by atoms with Gasteiger partial charge in [0.15, 0.2) is 6.10 Å². The number of unbranched alkanes of at least 4 members (excludes halogenated alkanes) is 28. The smallest absolute Gasteiger partial charge is 0.306 e. The van der Waals surface area contributed by atoms with E-state index in [1.807, 2.05) is 0 Å². The SMILES string of the molecule is CC/C=C\C/C=C\C/C=C\C/C=C\CCCCC(=O)OC(COC(=O)CCCCCCCCCCC)COC(=O)CCCCCCCCCCCCCCC/C=C\C/C=C\CCCCCCC. The van der Waals surface area contributed by atoms with Gasteiger partial charge in [0, 0.05) is 19.3 Å². The molecule has 0 heterocycles. The van der Waals surface area contributed by atoms with Crippen LogP contribution in [0.15, 0.2) is 72.9 Å². The Kier molecular flexibility index (Phi) is 52.8. The van der Waals surface area contributed by atoms with Crippen LogP contribution in [0.2, 0.25) is 0 Å². The third-order valence-corrected chi connectivity index (χ3v) is 12.2. The summed E-state index contributed by atoms with van der Waals surface area (Å²) in [6.45, 7) is 6.47. The number of carbonyl (C=O) groups is 3. The Morgan fingerprint density at radius 2 is 0.582 bits per heavy atom. The second kappa shape index (κ2) is 55.4. The molecule has 0 saturated carbocycles. The molecule has 0 bridgehead atoms. The van der Waals surface area contributed by atoms with E-state index in [1.54, 1.807) is 0 Å². The van der Waals surface area contributed by atoms with Crippen LogP contribution in [0.25, 0.3) is 0 Å². The first-order chi connectivity index (χ1) is 33.0. The zero-order chi connectivity index (χ0) is 48.6. The van der Waals surface area contributed by atoms with Crippen molar-refractivity contribution in [1.82, 2.24) is 0 Å². The van der Waals surface area contributed by atoms with Crippen LogP contribution < -0.4 is 0 Å². The van der Waals surface area contributed by atoms with Crippen molar-refractivity contribution in [3.8, 4) is 0 Å². The van der Waals surface area contributed by atoms with Gasteiger partial charge >= 0.3 is 17.9 Å². The van der Waals surface area contributed by atoms with Gasteiger partial charge in [0.1, 0.15) is 13.2 Å². The lowest BCUT2D eigenvalue weighted by atomic mass is 10.0. The minimum atomic E-state index is -0.794. The Balaban J connectivity index is 4.24. The van der Waals surface area contributed by atoms with E-state index in [1.165, 1.54) is 148 Å². The second-order valence-corrected chi connectivity index (χ2v) is 18.8. The first-order valence-corrected chi connectivity index (χ1v) is 28.4. The zero-order valence-electron chi connectivity index (χ0n) is 44.2. The maximum Gasteiger partial charge on any atom is 0.306 e. The molecule has 6 heteroatoms. The van der Waals surface area contributed by atoms with E-state index >= 15 is 0 Å². The normalized spacial score (nSPS) is 12.6. The number of hydrogen-bond acceptors (Lipinski definition) is 6. The Morgan fingerprint density at radius 1 is 0.313 bits per heavy atom. The molecule has 0 rings (SSSR count). The molecule has 67 heavy (non-hydrogen) atoms. The highest BCUT2D eigenvalue weighted by atomic mass is 16.6. The average Bonchev–Trinajstić information content (AvgIpc) is 3.33. The number of carbonyl (C=O) groups excluding carboxylic acids is 3. The minimum Gasteiger partial charge on any atom is -0.462 e. The van der Waals surface area contributed by atoms with Gasteiger partial charge in [-0.25, -0.2) is 0 Å². The standard InChI is InChI=1S/C61H106O6/c1-4-7-10-13-16-19-21-23-25-26-27-28-29-30-31-32-33-34-36-37-39-42-45-48-51-54-60(63)66-57-58(56-65-59(62)53-50-47-44-41-18-15-12-9-6-3)67-61(64)55-52-49-46-43-40-38-35-24-22-20-17-14-11-8-5-2/h8,11,17,20-21,23-24,26-27,35,40,43,58H,4-7,9-10,12-16,18-19,22,25,28-34,36-39,41-42,44-57H2,1-3H3/b11-8-,20-17-,23-21-,27-26-,35-24-,43-40-. The van der Waals surface area contributed by atoms with Crippen molar-refractivity contribution in [3.63, 3.8) is 0 Å². The van der Waals surface area contributed by atoms with Crippen molar-refractivity contribution < 1.29 is 28.6 Å². The fourth-order valence-electron chi connectivity index (χ4n) is 7.93. The molecule has 0 aromatic carbocycles. The molecule has 0 aliphatic rings. The molecule has 0 aliphatic heterocycles. The van der Waals surface area contributed by atoms with Crippen LogP contribution in [-0.2, 0) is 28.6 Å². The van der Waals surface area contributed by atoms with Gasteiger partial charge in [0.05, 0.1) is 0 Å². The van der Waals surface area contributed by atoms with Gasteiger partial charge in [0.2, 0.25) is 0 Å². The zero-order valence-corrected chi connectivity index (χ0v) is 44.2. The van der Waals surface area contributed by atoms with Gasteiger partial charge in [0.25, 0.3) is 0 Å². The summed E-state index contributed by atoms with van der Waals surface area (Å²) in [7, 11) is 0. The topological polar surface area (TPSA) is 78.9 Å². The lowest BCUT2D eigenvalue weighted by Crippen LogP contribution is -2.30. The number of allylic oxidation sites excluding steroid dienone is 12. The van der Waals surface area contributed by atoms with Crippen LogP contribution in [0.5, 0.6) is 0 Å². The van der Waals surface area contributed by atoms with Crippen LogP contribution in [-0.4, -0.2) is 37.2 Å². The Hall–Kier alpha value is -3.15. The summed E-state index contributed by atoms with van der Waals surface area (Å²) < 4.78 is 16.8. The van der Waals surface area contributed by atoms with Gasteiger partial charge in [-0.2, -0.15) is 0 Å². The lowest BCUT2D eigenvalue weighted by Gasteiger charge is -2.18. The molecule has 1 atom stereocenters. The first-order valence-electron chi connectivity index (χ1n) is 28.4. The predicted octanol–water partition coefficient (Wildman–Crippen LogP) is 19.0. The van der Waals surface area contributed by atoms with E-state index in [0.29, 0.717) is 19.3 Å². The summed E-state index contributed by atoms with van der Waals surface area (Å²) in [5, 5.41) is 0. The molecule has 0 amide bonds. The maximum atomic E-state index is 12.8. The number of hydrogen-bond donors (Lipinski definition) is 0. The summed E-state index contributed by atoms with van der Waals surface area (Å²) in [6.07, 6.45) is 70.6. The summed E-state index contributed by atoms with van der Waals surface area (Å²) in [4.78, 5) is 38.0. The van der Waals surface area contributed by atoms with Crippen molar-refractivity contribution in [2.45, 2.75) is 284 Å². The molecule has 0 aromatic rings. The summed E-state index contributed by atoms with van der Waals surface area (Å²) in [5.41, 5.74) is 0. The van der Waals surface area contributed by atoms with Crippen LogP contribution in [0.4, 0.5) is 0 Å². The molecule has 386 valence electrons. The van der Waals surface area contributed by atoms with Crippen molar-refractivity contribution >= 4 is 17.9 Å². The predicted molar refractivity (Wildman–Crippen MR) is 288 cm³/mol. The molecular formula is C61H106O6. The summed E-state index contributed by atoms with van der Waals surface area (Å²) in [5.74, 6) is -0.930. The van der Waals surface area contributed by atoms with E-state index in [2.05, 4.69) is 93.7 Å². The Bertz CT molecular complexity index is 1260. The monoisotopic (exact) mass is 935 g/mol. The van der Waals surface area contributed by atoms with Gasteiger partial charge in [-0.05, 0) is 89.9 Å². The van der Waals surface area contributed by atoms with Crippen LogP contribution in [0.1, 0.15) is 278 Å². The van der Waals surface area contributed by atoms with Gasteiger partial charge in [-0.3, -0.25) is 14.4 Å². The third kappa shape index (κ3) is 53.7. The molecule has 0 fully saturated rings. The number of esters is 3. The fraction of sp³-hybridized carbons (Fsp3) is 0.754. The fourth-order valence-corrected chi connectivity index (χ4v) is 7.93. The third-order valence-electron chi connectivity index (χ3n) is 12.2.